The Bertz CT molecular complexity index is 1220. The van der Waals surface area contributed by atoms with Crippen molar-refractivity contribution in [1.82, 2.24) is 19.7 Å². The number of hydrogen-bond donors (Lipinski definition) is 0. The molecule has 2 aromatic heterocycles. The molecule has 2 aromatic rings. The number of fused-ring (bicyclic) bond motifs is 2. The Hall–Kier alpha value is -2.50. The summed E-state index contributed by atoms with van der Waals surface area (Å²) in [6.45, 7) is 1.87. The zero-order valence-corrected chi connectivity index (χ0v) is 22.3. The Balaban J connectivity index is 1.26. The van der Waals surface area contributed by atoms with Crippen LogP contribution in [0.1, 0.15) is 60.7 Å². The topological polar surface area (TPSA) is 78.7 Å². The summed E-state index contributed by atoms with van der Waals surface area (Å²) in [6, 6.07) is 3.07. The lowest BCUT2D eigenvalue weighted by molar-refractivity contribution is -0.145. The highest BCUT2D eigenvalue weighted by molar-refractivity contribution is 5.84. The second-order valence-electron chi connectivity index (χ2n) is 11.6. The molecular formula is C28H35F3N4O4. The van der Waals surface area contributed by atoms with Crippen LogP contribution in [0.15, 0.2) is 24.5 Å². The van der Waals surface area contributed by atoms with Crippen molar-refractivity contribution >= 4 is 5.91 Å². The summed E-state index contributed by atoms with van der Waals surface area (Å²) < 4.78 is 59.8. The highest BCUT2D eigenvalue weighted by Crippen LogP contribution is 2.58. The minimum atomic E-state index is -4.48. The van der Waals surface area contributed by atoms with Crippen molar-refractivity contribution in [3.63, 3.8) is 0 Å². The van der Waals surface area contributed by atoms with E-state index in [0.29, 0.717) is 62.1 Å². The van der Waals surface area contributed by atoms with Gasteiger partial charge in [-0.2, -0.15) is 18.3 Å². The Morgan fingerprint density at radius 3 is 2.90 bits per heavy atom. The summed E-state index contributed by atoms with van der Waals surface area (Å²) in [7, 11) is 3.59. The van der Waals surface area contributed by atoms with Crippen molar-refractivity contribution in [2.75, 3.05) is 26.9 Å². The number of aryl methyl sites for hydroxylation is 1. The van der Waals surface area contributed by atoms with E-state index in [1.807, 2.05) is 13.1 Å². The zero-order valence-electron chi connectivity index (χ0n) is 22.3. The Labute approximate surface area is 225 Å². The van der Waals surface area contributed by atoms with Crippen LogP contribution in [0.4, 0.5) is 13.2 Å². The second kappa shape index (κ2) is 10.2. The molecule has 8 nitrogen and oxygen atoms in total. The molecule has 4 aliphatic rings. The molecule has 0 spiro atoms. The van der Waals surface area contributed by atoms with E-state index in [2.05, 4.69) is 10.1 Å². The van der Waals surface area contributed by atoms with Gasteiger partial charge in [0.05, 0.1) is 35.5 Å². The van der Waals surface area contributed by atoms with Crippen LogP contribution in [0, 0.1) is 17.3 Å². The van der Waals surface area contributed by atoms with Crippen LogP contribution in [-0.2, 0) is 45.2 Å². The molecule has 1 saturated carbocycles. The van der Waals surface area contributed by atoms with Gasteiger partial charge in [-0.1, -0.05) is 0 Å². The van der Waals surface area contributed by atoms with E-state index >= 15 is 0 Å². The predicted molar refractivity (Wildman–Crippen MR) is 133 cm³/mol. The quantitative estimate of drug-likeness (QED) is 0.560. The number of pyridine rings is 1. The van der Waals surface area contributed by atoms with E-state index in [1.165, 1.54) is 0 Å². The summed E-state index contributed by atoms with van der Waals surface area (Å²) in [5.41, 5.74) is 0.530. The first kappa shape index (κ1) is 26.7. The number of ether oxygens (including phenoxy) is 3. The van der Waals surface area contributed by atoms with E-state index < -0.39 is 17.2 Å². The average molecular weight is 549 g/mol. The van der Waals surface area contributed by atoms with Gasteiger partial charge in [-0.05, 0) is 61.6 Å². The van der Waals surface area contributed by atoms with Crippen molar-refractivity contribution in [1.29, 1.82) is 0 Å². The third kappa shape index (κ3) is 4.86. The molecule has 0 bridgehead atoms. The molecule has 11 heteroatoms. The molecule has 0 aromatic carbocycles. The summed E-state index contributed by atoms with van der Waals surface area (Å²) in [6.07, 6.45) is 2.00. The largest absolute Gasteiger partial charge is 0.417 e. The molecule has 3 fully saturated rings. The number of alkyl halides is 3. The Morgan fingerprint density at radius 2 is 2.15 bits per heavy atom. The maximum atomic E-state index is 14.4. The van der Waals surface area contributed by atoms with Crippen molar-refractivity contribution in [2.45, 2.75) is 69.6 Å². The molecule has 0 radical (unpaired) electrons. The van der Waals surface area contributed by atoms with Crippen molar-refractivity contribution in [2.24, 2.45) is 24.3 Å². The molecule has 39 heavy (non-hydrogen) atoms. The van der Waals surface area contributed by atoms with Crippen LogP contribution in [0.3, 0.4) is 0 Å². The molecule has 5 heterocycles. The summed E-state index contributed by atoms with van der Waals surface area (Å²) in [5.74, 6) is 0.641. The second-order valence-corrected chi connectivity index (χ2v) is 11.6. The fraction of sp³-hybridized carbons (Fsp3) is 0.679. The average Bonchev–Trinajstić information content (AvgIpc) is 3.59. The first-order chi connectivity index (χ1) is 18.7. The van der Waals surface area contributed by atoms with Crippen molar-refractivity contribution in [3.8, 4) is 0 Å². The van der Waals surface area contributed by atoms with Gasteiger partial charge in [0, 0.05) is 58.4 Å². The normalized spacial score (nSPS) is 32.7. The smallest absolute Gasteiger partial charge is 0.379 e. The maximum Gasteiger partial charge on any atom is 0.417 e. The lowest BCUT2D eigenvalue weighted by Gasteiger charge is -2.37. The zero-order chi connectivity index (χ0) is 27.4. The number of nitrogens with zero attached hydrogens (tertiary/aromatic N) is 4. The molecule has 2 saturated heterocycles. The van der Waals surface area contributed by atoms with Crippen LogP contribution in [0.5, 0.6) is 0 Å². The Kier molecular flexibility index (Phi) is 6.96. The number of carbonyl (C=O) groups excluding carboxylic acids is 1. The van der Waals surface area contributed by atoms with E-state index in [0.717, 1.165) is 37.2 Å². The van der Waals surface area contributed by atoms with Crippen LogP contribution in [0.25, 0.3) is 0 Å². The monoisotopic (exact) mass is 548 g/mol. The fourth-order valence-corrected chi connectivity index (χ4v) is 7.39. The van der Waals surface area contributed by atoms with Crippen LogP contribution < -0.4 is 0 Å². The van der Waals surface area contributed by atoms with Crippen LogP contribution in [-0.4, -0.2) is 64.6 Å². The van der Waals surface area contributed by atoms with Crippen LogP contribution >= 0.6 is 0 Å². The van der Waals surface area contributed by atoms with Gasteiger partial charge in [-0.3, -0.25) is 14.5 Å². The lowest BCUT2D eigenvalue weighted by atomic mass is 9.77. The molecule has 3 aliphatic heterocycles. The Morgan fingerprint density at radius 1 is 1.31 bits per heavy atom. The van der Waals surface area contributed by atoms with Gasteiger partial charge in [0.25, 0.3) is 0 Å². The summed E-state index contributed by atoms with van der Waals surface area (Å²) in [5, 5.41) is 4.29. The third-order valence-electron chi connectivity index (χ3n) is 9.34. The van der Waals surface area contributed by atoms with Gasteiger partial charge in [-0.15, -0.1) is 0 Å². The van der Waals surface area contributed by atoms with E-state index in [9.17, 15) is 18.0 Å². The van der Waals surface area contributed by atoms with Crippen molar-refractivity contribution in [3.05, 3.63) is 47.0 Å². The number of carbonyl (C=O) groups is 1. The van der Waals surface area contributed by atoms with E-state index in [-0.39, 0.29) is 30.8 Å². The first-order valence-electron chi connectivity index (χ1n) is 13.8. The number of halogens is 3. The number of rotatable bonds is 5. The standard InChI is InChI=1S/C28H35F3N4O4/c1-34-22(3-6-33-34)23-13-27(12-17(10-25(27)39-23)9-18-5-8-38-16-24(18)37-2)26(36)35-7-4-21-19(15-35)11-20(14-32-21)28(29,30)31/h3,6,11,14,17-18,23-25H,4-5,7-10,12-13,15-16H2,1-2H3/t17-,18?,23?,24?,25-,27+/m1/s1. The number of aromatic nitrogens is 3. The minimum absolute atomic E-state index is 0.0157. The van der Waals surface area contributed by atoms with Gasteiger partial charge < -0.3 is 19.1 Å². The molecule has 0 N–H and O–H groups in total. The van der Waals surface area contributed by atoms with Gasteiger partial charge >= 0.3 is 6.18 Å². The van der Waals surface area contributed by atoms with Gasteiger partial charge in [-0.25, -0.2) is 0 Å². The number of amides is 1. The molecule has 212 valence electrons. The van der Waals surface area contributed by atoms with E-state index in [4.69, 9.17) is 14.2 Å². The fourth-order valence-electron chi connectivity index (χ4n) is 7.39. The number of hydrogen-bond acceptors (Lipinski definition) is 6. The van der Waals surface area contributed by atoms with Gasteiger partial charge in [0.2, 0.25) is 5.91 Å². The van der Waals surface area contributed by atoms with Crippen LogP contribution in [0.2, 0.25) is 0 Å². The molecule has 1 amide bonds. The molecular weight excluding hydrogens is 513 g/mol. The minimum Gasteiger partial charge on any atom is -0.379 e. The van der Waals surface area contributed by atoms with Gasteiger partial charge in [0.15, 0.2) is 0 Å². The molecule has 3 unspecified atom stereocenters. The SMILES string of the molecule is COC1COCCC1C[C@@H]1C[C@H]2OC(c3ccnn3C)C[C@@]2(C(=O)N2CCc3ncc(C(F)(F)F)cc3C2)C1. The molecule has 6 rings (SSSR count). The summed E-state index contributed by atoms with van der Waals surface area (Å²) >= 11 is 0. The number of methoxy groups -OCH3 is 1. The molecule has 6 atom stereocenters. The molecule has 1 aliphatic carbocycles. The highest BCUT2D eigenvalue weighted by Gasteiger charge is 2.61. The van der Waals surface area contributed by atoms with Gasteiger partial charge in [0.1, 0.15) is 6.10 Å². The van der Waals surface area contributed by atoms with Crippen molar-refractivity contribution < 1.29 is 32.2 Å². The predicted octanol–water partition coefficient (Wildman–Crippen LogP) is 4.09. The first-order valence-corrected chi connectivity index (χ1v) is 13.8. The highest BCUT2D eigenvalue weighted by atomic mass is 19.4. The van der Waals surface area contributed by atoms with E-state index in [1.54, 1.807) is 22.9 Å². The lowest BCUT2D eigenvalue weighted by Crippen LogP contribution is -2.48. The maximum absolute atomic E-state index is 14.4. The third-order valence-corrected chi connectivity index (χ3v) is 9.34. The summed E-state index contributed by atoms with van der Waals surface area (Å²) in [4.78, 5) is 20.2.